The zero-order chi connectivity index (χ0) is 12.0. The summed E-state index contributed by atoms with van der Waals surface area (Å²) in [7, 11) is 0. The number of hydrogen-bond donors (Lipinski definition) is 2. The van der Waals surface area contributed by atoms with Crippen LogP contribution in [0.3, 0.4) is 0 Å². The van der Waals surface area contributed by atoms with Crippen molar-refractivity contribution in [3.8, 4) is 0 Å². The minimum absolute atomic E-state index is 0.0683. The van der Waals surface area contributed by atoms with E-state index < -0.39 is 0 Å². The number of aromatic nitrogens is 1. The summed E-state index contributed by atoms with van der Waals surface area (Å²) in [4.78, 5) is 4.37. The molecule has 0 fully saturated rings. The zero-order valence-corrected chi connectivity index (χ0v) is 10.5. The molecule has 2 N–H and O–H groups in total. The van der Waals surface area contributed by atoms with Crippen LogP contribution in [0.5, 0.6) is 0 Å². The van der Waals surface area contributed by atoms with Crippen molar-refractivity contribution in [2.45, 2.75) is 33.7 Å². The third kappa shape index (κ3) is 3.91. The van der Waals surface area contributed by atoms with Crippen LogP contribution in [-0.4, -0.2) is 23.2 Å². The molecule has 1 aromatic heterocycles. The van der Waals surface area contributed by atoms with Gasteiger partial charge in [0.25, 0.3) is 0 Å². The maximum absolute atomic E-state index is 9.14. The average Bonchev–Trinajstić information content (AvgIpc) is 2.29. The number of nitrogens with one attached hydrogen (secondary N) is 1. The Morgan fingerprint density at radius 3 is 2.81 bits per heavy atom. The Kier molecular flexibility index (Phi) is 4.90. The first-order chi connectivity index (χ1) is 7.59. The molecule has 0 aliphatic rings. The van der Waals surface area contributed by atoms with Gasteiger partial charge in [0.2, 0.25) is 0 Å². The van der Waals surface area contributed by atoms with Gasteiger partial charge >= 0.3 is 0 Å². The molecule has 0 saturated carbocycles. The van der Waals surface area contributed by atoms with Crippen LogP contribution in [0.4, 0.5) is 0 Å². The number of aliphatic hydroxyl groups is 1. The highest BCUT2D eigenvalue weighted by molar-refractivity contribution is 5.19. The summed E-state index contributed by atoms with van der Waals surface area (Å²) < 4.78 is 0. The van der Waals surface area contributed by atoms with Gasteiger partial charge in [0.1, 0.15) is 0 Å². The first-order valence-electron chi connectivity index (χ1n) is 5.83. The minimum Gasteiger partial charge on any atom is -0.396 e. The minimum atomic E-state index is -0.0683. The molecule has 1 heterocycles. The van der Waals surface area contributed by atoms with Crippen molar-refractivity contribution in [1.29, 1.82) is 0 Å². The number of rotatable bonds is 6. The maximum Gasteiger partial charge on any atom is 0.0573 e. The zero-order valence-electron chi connectivity index (χ0n) is 10.5. The second-order valence-corrected chi connectivity index (χ2v) is 4.89. The lowest BCUT2D eigenvalue weighted by Gasteiger charge is -2.22. The predicted octanol–water partition coefficient (Wildman–Crippen LogP) is 1.75. The van der Waals surface area contributed by atoms with E-state index in [2.05, 4.69) is 23.3 Å². The number of nitrogens with zero attached hydrogens (tertiary/aromatic N) is 1. The van der Waals surface area contributed by atoms with E-state index in [4.69, 9.17) is 5.11 Å². The Hall–Kier alpha value is -0.930. The Bertz CT molecular complexity index is 323. The Morgan fingerprint density at radius 2 is 2.19 bits per heavy atom. The van der Waals surface area contributed by atoms with Crippen molar-refractivity contribution in [1.82, 2.24) is 10.3 Å². The fourth-order valence-electron chi connectivity index (χ4n) is 1.53. The van der Waals surface area contributed by atoms with E-state index in [0.29, 0.717) is 0 Å². The van der Waals surface area contributed by atoms with Crippen LogP contribution in [0.15, 0.2) is 18.3 Å². The predicted molar refractivity (Wildman–Crippen MR) is 66.2 cm³/mol. The van der Waals surface area contributed by atoms with Crippen LogP contribution in [0.2, 0.25) is 0 Å². The number of hydrogen-bond acceptors (Lipinski definition) is 3. The fraction of sp³-hybridized carbons (Fsp3) is 0.615. The molecule has 0 amide bonds. The summed E-state index contributed by atoms with van der Waals surface area (Å²) in [5.41, 5.74) is 2.33. The topological polar surface area (TPSA) is 45.2 Å². The van der Waals surface area contributed by atoms with Gasteiger partial charge in [0, 0.05) is 31.3 Å². The van der Waals surface area contributed by atoms with Crippen LogP contribution in [0, 0.1) is 5.41 Å². The van der Waals surface area contributed by atoms with E-state index in [1.54, 1.807) is 0 Å². The summed E-state index contributed by atoms with van der Waals surface area (Å²) in [6.45, 7) is 7.98. The van der Waals surface area contributed by atoms with Crippen LogP contribution in [0.1, 0.15) is 32.0 Å². The van der Waals surface area contributed by atoms with Crippen molar-refractivity contribution >= 4 is 0 Å². The van der Waals surface area contributed by atoms with Crippen LogP contribution >= 0.6 is 0 Å². The van der Waals surface area contributed by atoms with Crippen LogP contribution in [-0.2, 0) is 13.0 Å². The van der Waals surface area contributed by atoms with Gasteiger partial charge in [-0.25, -0.2) is 0 Å². The summed E-state index contributed by atoms with van der Waals surface area (Å²) >= 11 is 0. The third-order valence-electron chi connectivity index (χ3n) is 2.69. The molecule has 3 heteroatoms. The largest absolute Gasteiger partial charge is 0.396 e. The van der Waals surface area contributed by atoms with Gasteiger partial charge in [-0.05, 0) is 18.1 Å². The highest BCUT2D eigenvalue weighted by Gasteiger charge is 2.15. The molecule has 1 rings (SSSR count). The maximum atomic E-state index is 9.14. The molecular weight excluding hydrogens is 200 g/mol. The smallest absolute Gasteiger partial charge is 0.0573 e. The van der Waals surface area contributed by atoms with E-state index in [1.807, 2.05) is 26.1 Å². The number of aryl methyl sites for hydroxylation is 1. The summed E-state index contributed by atoms with van der Waals surface area (Å²) in [6.07, 6.45) is 2.83. The molecule has 0 aromatic carbocycles. The van der Waals surface area contributed by atoms with Gasteiger partial charge in [0.05, 0.1) is 5.69 Å². The van der Waals surface area contributed by atoms with Gasteiger partial charge < -0.3 is 10.4 Å². The lowest BCUT2D eigenvalue weighted by atomic mass is 9.95. The highest BCUT2D eigenvalue weighted by Crippen LogP contribution is 2.12. The van der Waals surface area contributed by atoms with E-state index in [9.17, 15) is 0 Å². The van der Waals surface area contributed by atoms with E-state index >= 15 is 0 Å². The first-order valence-corrected chi connectivity index (χ1v) is 5.83. The van der Waals surface area contributed by atoms with Crippen molar-refractivity contribution in [3.63, 3.8) is 0 Å². The summed E-state index contributed by atoms with van der Waals surface area (Å²) in [6, 6.07) is 4.08. The number of pyridine rings is 1. The quantitative estimate of drug-likeness (QED) is 0.771. The second-order valence-electron chi connectivity index (χ2n) is 4.89. The van der Waals surface area contributed by atoms with E-state index in [1.165, 1.54) is 5.56 Å². The average molecular weight is 222 g/mol. The van der Waals surface area contributed by atoms with Gasteiger partial charge in [0.15, 0.2) is 0 Å². The fourth-order valence-corrected chi connectivity index (χ4v) is 1.53. The second kappa shape index (κ2) is 5.97. The molecule has 1 aromatic rings. The van der Waals surface area contributed by atoms with Gasteiger partial charge in [-0.15, -0.1) is 0 Å². The molecular formula is C13H22N2O. The molecule has 3 nitrogen and oxygen atoms in total. The van der Waals surface area contributed by atoms with E-state index in [-0.39, 0.29) is 12.0 Å². The number of aliphatic hydroxyl groups excluding tert-OH is 1. The summed E-state index contributed by atoms with van der Waals surface area (Å²) in [5, 5.41) is 12.5. The first kappa shape index (κ1) is 13.1. The SMILES string of the molecule is CCc1cccnc1CNCC(C)(C)CO. The normalized spacial score (nSPS) is 11.8. The summed E-state index contributed by atoms with van der Waals surface area (Å²) in [5.74, 6) is 0. The Labute approximate surface area is 97.9 Å². The van der Waals surface area contributed by atoms with Gasteiger partial charge in [-0.2, -0.15) is 0 Å². The van der Waals surface area contributed by atoms with Crippen molar-refractivity contribution in [2.75, 3.05) is 13.2 Å². The lowest BCUT2D eigenvalue weighted by Crippen LogP contribution is -2.32. The highest BCUT2D eigenvalue weighted by atomic mass is 16.3. The molecule has 0 spiro atoms. The molecule has 0 aliphatic heterocycles. The molecule has 90 valence electrons. The molecule has 0 atom stereocenters. The molecule has 0 unspecified atom stereocenters. The van der Waals surface area contributed by atoms with Crippen molar-refractivity contribution < 1.29 is 5.11 Å². The van der Waals surface area contributed by atoms with Gasteiger partial charge in [-0.1, -0.05) is 26.8 Å². The third-order valence-corrected chi connectivity index (χ3v) is 2.69. The van der Waals surface area contributed by atoms with Crippen molar-refractivity contribution in [2.24, 2.45) is 5.41 Å². The van der Waals surface area contributed by atoms with Gasteiger partial charge in [-0.3, -0.25) is 4.98 Å². The molecule has 0 aliphatic carbocycles. The molecule has 0 saturated heterocycles. The van der Waals surface area contributed by atoms with Crippen LogP contribution < -0.4 is 5.32 Å². The molecule has 16 heavy (non-hydrogen) atoms. The standard InChI is InChI=1S/C13H22N2O/c1-4-11-6-5-7-15-12(11)8-14-9-13(2,3)10-16/h5-7,14,16H,4,8-10H2,1-3H3. The Morgan fingerprint density at radius 1 is 1.44 bits per heavy atom. The van der Waals surface area contributed by atoms with Crippen molar-refractivity contribution in [3.05, 3.63) is 29.6 Å². The van der Waals surface area contributed by atoms with Crippen LogP contribution in [0.25, 0.3) is 0 Å². The lowest BCUT2D eigenvalue weighted by molar-refractivity contribution is 0.156. The monoisotopic (exact) mass is 222 g/mol. The Balaban J connectivity index is 2.49. The molecule has 0 radical (unpaired) electrons. The molecule has 0 bridgehead atoms. The van der Waals surface area contributed by atoms with E-state index in [0.717, 1.165) is 25.2 Å².